The van der Waals surface area contributed by atoms with Crippen LogP contribution in [0.1, 0.15) is 54.6 Å². The molecular formula is C19H25N5O2. The molecule has 0 bridgehead atoms. The largest absolute Gasteiger partial charge is 0.490 e. The smallest absolute Gasteiger partial charge is 0.267 e. The number of hydrogen-bond donors (Lipinski definition) is 1. The Balaban J connectivity index is 1.63. The summed E-state index contributed by atoms with van der Waals surface area (Å²) < 4.78 is 6.01. The number of carbonyl (C=O) groups excluding carboxylic acids is 1. The molecule has 2 aromatic rings. The van der Waals surface area contributed by atoms with Crippen molar-refractivity contribution in [3.8, 4) is 5.75 Å². The Morgan fingerprint density at radius 1 is 1.27 bits per heavy atom. The fraction of sp³-hybridized carbons (Fsp3) is 0.474. The highest BCUT2D eigenvalue weighted by Crippen LogP contribution is 2.24. The molecule has 138 valence electrons. The molecular weight excluding hydrogens is 330 g/mol. The van der Waals surface area contributed by atoms with Crippen molar-refractivity contribution in [3.05, 3.63) is 41.6 Å². The van der Waals surface area contributed by atoms with Crippen LogP contribution in [-0.4, -0.2) is 40.1 Å². The summed E-state index contributed by atoms with van der Waals surface area (Å²) in [6, 6.07) is 5.38. The van der Waals surface area contributed by atoms with E-state index in [1.165, 1.54) is 0 Å². The molecule has 3 heterocycles. The van der Waals surface area contributed by atoms with Crippen LogP contribution in [0.15, 0.2) is 24.4 Å². The lowest BCUT2D eigenvalue weighted by molar-refractivity contribution is 0.0994. The lowest BCUT2D eigenvalue weighted by atomic mass is 10.1. The van der Waals surface area contributed by atoms with Crippen molar-refractivity contribution in [3.63, 3.8) is 0 Å². The van der Waals surface area contributed by atoms with Gasteiger partial charge in [0.15, 0.2) is 0 Å². The second-order valence-corrected chi connectivity index (χ2v) is 6.93. The van der Waals surface area contributed by atoms with Gasteiger partial charge in [-0.2, -0.15) is 0 Å². The topological polar surface area (TPSA) is 94.2 Å². The monoisotopic (exact) mass is 355 g/mol. The summed E-state index contributed by atoms with van der Waals surface area (Å²) in [6.45, 7) is 7.95. The molecule has 0 saturated carbocycles. The van der Waals surface area contributed by atoms with E-state index in [9.17, 15) is 4.79 Å². The number of nitrogens with zero attached hydrogens (tertiary/aromatic N) is 4. The minimum absolute atomic E-state index is 0.0990. The summed E-state index contributed by atoms with van der Waals surface area (Å²) in [5, 5.41) is 0. The predicted molar refractivity (Wildman–Crippen MR) is 99.5 cm³/mol. The highest BCUT2D eigenvalue weighted by Gasteiger charge is 2.22. The first-order chi connectivity index (χ1) is 12.4. The normalized spacial score (nSPS) is 15.3. The predicted octanol–water partition coefficient (Wildman–Crippen LogP) is 2.45. The Morgan fingerprint density at radius 2 is 2.00 bits per heavy atom. The summed E-state index contributed by atoms with van der Waals surface area (Å²) >= 11 is 0. The van der Waals surface area contributed by atoms with E-state index in [1.54, 1.807) is 18.3 Å². The van der Waals surface area contributed by atoms with Gasteiger partial charge in [0.1, 0.15) is 29.2 Å². The van der Waals surface area contributed by atoms with Gasteiger partial charge in [0.2, 0.25) is 0 Å². The molecule has 0 radical (unpaired) electrons. The molecule has 1 aliphatic rings. The standard InChI is InChI=1S/C19H25N5O2/c1-12(2)19-22-13(3)10-17(23-19)24-8-5-14(6-9-24)26-15-4-7-21-16(11-15)18(20)25/h4,7,10-12,14H,5-6,8-9H2,1-3H3,(H2,20,25). The fourth-order valence-corrected chi connectivity index (χ4v) is 3.01. The molecule has 1 saturated heterocycles. The fourth-order valence-electron chi connectivity index (χ4n) is 3.01. The average molecular weight is 355 g/mol. The molecule has 2 N–H and O–H groups in total. The van der Waals surface area contributed by atoms with Crippen LogP contribution in [0.3, 0.4) is 0 Å². The molecule has 0 atom stereocenters. The van der Waals surface area contributed by atoms with Crippen molar-refractivity contribution in [2.75, 3.05) is 18.0 Å². The van der Waals surface area contributed by atoms with Crippen LogP contribution in [0.4, 0.5) is 5.82 Å². The SMILES string of the molecule is Cc1cc(N2CCC(Oc3ccnc(C(N)=O)c3)CC2)nc(C(C)C)n1. The maximum absolute atomic E-state index is 11.2. The van der Waals surface area contributed by atoms with Crippen molar-refractivity contribution >= 4 is 11.7 Å². The Morgan fingerprint density at radius 3 is 2.65 bits per heavy atom. The lowest BCUT2D eigenvalue weighted by Gasteiger charge is -2.33. The second kappa shape index (κ2) is 7.68. The molecule has 2 aromatic heterocycles. The molecule has 26 heavy (non-hydrogen) atoms. The van der Waals surface area contributed by atoms with E-state index in [0.29, 0.717) is 11.7 Å². The van der Waals surface area contributed by atoms with Crippen molar-refractivity contribution in [2.45, 2.75) is 45.6 Å². The number of hydrogen-bond acceptors (Lipinski definition) is 6. The van der Waals surface area contributed by atoms with Crippen LogP contribution in [-0.2, 0) is 0 Å². The van der Waals surface area contributed by atoms with E-state index < -0.39 is 5.91 Å². The number of pyridine rings is 1. The van der Waals surface area contributed by atoms with Gasteiger partial charge < -0.3 is 15.4 Å². The zero-order valence-corrected chi connectivity index (χ0v) is 15.5. The minimum atomic E-state index is -0.551. The van der Waals surface area contributed by atoms with Crippen LogP contribution in [0.2, 0.25) is 0 Å². The number of ether oxygens (including phenoxy) is 1. The van der Waals surface area contributed by atoms with E-state index in [4.69, 9.17) is 15.5 Å². The van der Waals surface area contributed by atoms with E-state index in [-0.39, 0.29) is 11.8 Å². The number of nitrogens with two attached hydrogens (primary N) is 1. The number of aromatic nitrogens is 3. The Kier molecular flexibility index (Phi) is 5.35. The summed E-state index contributed by atoms with van der Waals surface area (Å²) in [5.74, 6) is 2.26. The van der Waals surface area contributed by atoms with E-state index in [1.807, 2.05) is 13.0 Å². The third kappa shape index (κ3) is 4.28. The van der Waals surface area contributed by atoms with Crippen LogP contribution in [0, 0.1) is 6.92 Å². The van der Waals surface area contributed by atoms with Crippen molar-refractivity contribution in [1.82, 2.24) is 15.0 Å². The zero-order valence-electron chi connectivity index (χ0n) is 15.5. The number of carbonyl (C=O) groups is 1. The molecule has 1 amide bonds. The number of anilines is 1. The maximum atomic E-state index is 11.2. The number of piperidine rings is 1. The van der Waals surface area contributed by atoms with Crippen LogP contribution in [0.25, 0.3) is 0 Å². The molecule has 0 aromatic carbocycles. The van der Waals surface area contributed by atoms with Crippen molar-refractivity contribution in [2.24, 2.45) is 5.73 Å². The van der Waals surface area contributed by atoms with Crippen molar-refractivity contribution < 1.29 is 9.53 Å². The molecule has 7 nitrogen and oxygen atoms in total. The van der Waals surface area contributed by atoms with Gasteiger partial charge in [0.25, 0.3) is 5.91 Å². The first-order valence-electron chi connectivity index (χ1n) is 8.95. The Hall–Kier alpha value is -2.70. The van der Waals surface area contributed by atoms with Crippen molar-refractivity contribution in [1.29, 1.82) is 0 Å². The molecule has 0 unspecified atom stereocenters. The molecule has 1 fully saturated rings. The third-order valence-corrected chi connectivity index (χ3v) is 4.43. The molecule has 7 heteroatoms. The van der Waals surface area contributed by atoms with E-state index >= 15 is 0 Å². The first-order valence-corrected chi connectivity index (χ1v) is 8.95. The second-order valence-electron chi connectivity index (χ2n) is 6.93. The van der Waals surface area contributed by atoms with Gasteiger partial charge in [-0.3, -0.25) is 9.78 Å². The van der Waals surface area contributed by atoms with Gasteiger partial charge in [-0.15, -0.1) is 0 Å². The molecule has 0 spiro atoms. The third-order valence-electron chi connectivity index (χ3n) is 4.43. The van der Waals surface area contributed by atoms with Gasteiger partial charge in [-0.05, 0) is 13.0 Å². The number of primary amides is 1. The lowest BCUT2D eigenvalue weighted by Crippen LogP contribution is -2.39. The zero-order chi connectivity index (χ0) is 18.7. The van der Waals surface area contributed by atoms with Gasteiger partial charge in [-0.1, -0.05) is 13.8 Å². The van der Waals surface area contributed by atoms with Crippen LogP contribution >= 0.6 is 0 Å². The highest BCUT2D eigenvalue weighted by atomic mass is 16.5. The Labute approximate surface area is 153 Å². The Bertz CT molecular complexity index is 785. The highest BCUT2D eigenvalue weighted by molar-refractivity contribution is 5.91. The summed E-state index contributed by atoms with van der Waals surface area (Å²) in [4.78, 5) is 26.7. The van der Waals surface area contributed by atoms with Gasteiger partial charge in [0.05, 0.1) is 0 Å². The van der Waals surface area contributed by atoms with Gasteiger partial charge in [0, 0.05) is 55.9 Å². The van der Waals surface area contributed by atoms with Gasteiger partial charge >= 0.3 is 0 Å². The number of rotatable bonds is 5. The summed E-state index contributed by atoms with van der Waals surface area (Å²) in [5.41, 5.74) is 6.48. The minimum Gasteiger partial charge on any atom is -0.490 e. The number of amides is 1. The molecule has 1 aliphatic heterocycles. The summed E-state index contributed by atoms with van der Waals surface area (Å²) in [6.07, 6.45) is 3.41. The summed E-state index contributed by atoms with van der Waals surface area (Å²) in [7, 11) is 0. The van der Waals surface area contributed by atoms with E-state index in [0.717, 1.165) is 43.3 Å². The van der Waals surface area contributed by atoms with Gasteiger partial charge in [-0.25, -0.2) is 9.97 Å². The van der Waals surface area contributed by atoms with Crippen LogP contribution in [0.5, 0.6) is 5.75 Å². The average Bonchev–Trinajstić information content (AvgIpc) is 2.62. The molecule has 3 rings (SSSR count). The van der Waals surface area contributed by atoms with Crippen LogP contribution < -0.4 is 15.4 Å². The maximum Gasteiger partial charge on any atom is 0.267 e. The van der Waals surface area contributed by atoms with E-state index in [2.05, 4.69) is 28.7 Å². The first kappa shape index (κ1) is 18.1. The quantitative estimate of drug-likeness (QED) is 0.885. The molecule has 0 aliphatic carbocycles. The number of aryl methyl sites for hydroxylation is 1.